The van der Waals surface area contributed by atoms with Crippen LogP contribution >= 0.6 is 0 Å². The van der Waals surface area contributed by atoms with Crippen molar-refractivity contribution in [1.82, 2.24) is 25.2 Å². The molecule has 0 aliphatic carbocycles. The van der Waals surface area contributed by atoms with Gasteiger partial charge in [0.25, 0.3) is 0 Å². The number of pyridine rings is 1. The summed E-state index contributed by atoms with van der Waals surface area (Å²) in [5.74, 6) is 2.24. The van der Waals surface area contributed by atoms with E-state index in [1.807, 2.05) is 28.8 Å². The van der Waals surface area contributed by atoms with Crippen molar-refractivity contribution in [2.24, 2.45) is 4.99 Å². The first kappa shape index (κ1) is 19.9. The maximum atomic E-state index is 4.75. The van der Waals surface area contributed by atoms with Gasteiger partial charge in [-0.05, 0) is 38.0 Å². The summed E-state index contributed by atoms with van der Waals surface area (Å²) >= 11 is 0. The van der Waals surface area contributed by atoms with E-state index in [1.54, 1.807) is 0 Å². The standard InChI is InChI=1S/C22H30N6/c1-4-23-22(25-18(3)17(2)19-11-6-5-7-12-19)24-15-10-14-21-27-26-20-13-8-9-16-28(20)21/h5-9,11-13,16-18H,4,10,14-15H2,1-3H3,(H2,23,24,25). The number of rotatable bonds is 8. The number of hydrogen-bond acceptors (Lipinski definition) is 3. The van der Waals surface area contributed by atoms with E-state index >= 15 is 0 Å². The van der Waals surface area contributed by atoms with E-state index in [0.717, 1.165) is 43.4 Å². The van der Waals surface area contributed by atoms with Crippen LogP contribution in [0, 0.1) is 0 Å². The Bertz CT molecular complexity index is 886. The number of guanidine groups is 1. The van der Waals surface area contributed by atoms with Crippen LogP contribution in [0.4, 0.5) is 0 Å². The average molecular weight is 379 g/mol. The number of aryl methyl sites for hydroxylation is 1. The molecule has 0 aliphatic rings. The number of benzene rings is 1. The fourth-order valence-electron chi connectivity index (χ4n) is 3.20. The molecule has 0 fully saturated rings. The van der Waals surface area contributed by atoms with Crippen molar-refractivity contribution >= 4 is 11.6 Å². The second-order valence-electron chi connectivity index (χ2n) is 7.04. The topological polar surface area (TPSA) is 66.6 Å². The molecule has 2 heterocycles. The number of nitrogens with zero attached hydrogens (tertiary/aromatic N) is 4. The van der Waals surface area contributed by atoms with Crippen molar-refractivity contribution < 1.29 is 0 Å². The molecule has 2 N–H and O–H groups in total. The van der Waals surface area contributed by atoms with Gasteiger partial charge in [-0.1, -0.05) is 43.3 Å². The van der Waals surface area contributed by atoms with Crippen molar-refractivity contribution in [2.75, 3.05) is 13.1 Å². The molecule has 0 aliphatic heterocycles. The zero-order valence-electron chi connectivity index (χ0n) is 17.0. The van der Waals surface area contributed by atoms with Gasteiger partial charge in [-0.15, -0.1) is 10.2 Å². The molecule has 148 valence electrons. The Balaban J connectivity index is 1.55. The fourth-order valence-corrected chi connectivity index (χ4v) is 3.20. The van der Waals surface area contributed by atoms with Crippen LogP contribution in [0.1, 0.15) is 44.5 Å². The van der Waals surface area contributed by atoms with Gasteiger partial charge in [-0.25, -0.2) is 0 Å². The Labute approximate surface area is 167 Å². The molecule has 2 aromatic heterocycles. The van der Waals surface area contributed by atoms with Gasteiger partial charge >= 0.3 is 0 Å². The molecule has 3 aromatic rings. The third-order valence-corrected chi connectivity index (χ3v) is 5.00. The highest BCUT2D eigenvalue weighted by atomic mass is 15.2. The summed E-state index contributed by atoms with van der Waals surface area (Å²) in [6.07, 6.45) is 3.78. The van der Waals surface area contributed by atoms with Crippen LogP contribution in [0.15, 0.2) is 59.7 Å². The second-order valence-corrected chi connectivity index (χ2v) is 7.04. The molecule has 2 unspecified atom stereocenters. The number of aromatic nitrogens is 3. The molecule has 1 aromatic carbocycles. The normalized spacial score (nSPS) is 14.0. The minimum atomic E-state index is 0.278. The van der Waals surface area contributed by atoms with Crippen molar-refractivity contribution in [2.45, 2.75) is 45.6 Å². The zero-order chi connectivity index (χ0) is 19.8. The Morgan fingerprint density at radius 1 is 1.07 bits per heavy atom. The SMILES string of the molecule is CCNC(=NCCCc1nnc2ccccn12)NC(C)C(C)c1ccccc1. The molecule has 0 saturated heterocycles. The molecular weight excluding hydrogens is 348 g/mol. The lowest BCUT2D eigenvalue weighted by Crippen LogP contribution is -2.44. The first-order chi connectivity index (χ1) is 13.7. The quantitative estimate of drug-likeness (QED) is 0.358. The Hall–Kier alpha value is -2.89. The Morgan fingerprint density at radius 3 is 2.64 bits per heavy atom. The third-order valence-electron chi connectivity index (χ3n) is 5.00. The van der Waals surface area contributed by atoms with E-state index in [4.69, 9.17) is 4.99 Å². The highest BCUT2D eigenvalue weighted by Crippen LogP contribution is 2.18. The van der Waals surface area contributed by atoms with Crippen molar-refractivity contribution in [3.63, 3.8) is 0 Å². The fraction of sp³-hybridized carbons (Fsp3) is 0.409. The lowest BCUT2D eigenvalue weighted by Gasteiger charge is -2.24. The van der Waals surface area contributed by atoms with Crippen LogP contribution in [0.5, 0.6) is 0 Å². The van der Waals surface area contributed by atoms with Crippen LogP contribution in [0.3, 0.4) is 0 Å². The van der Waals surface area contributed by atoms with E-state index in [9.17, 15) is 0 Å². The number of aliphatic imine (C=N–C) groups is 1. The van der Waals surface area contributed by atoms with Crippen LogP contribution in [-0.2, 0) is 6.42 Å². The van der Waals surface area contributed by atoms with Gasteiger partial charge in [-0.3, -0.25) is 9.39 Å². The summed E-state index contributed by atoms with van der Waals surface area (Å²) in [5, 5.41) is 15.4. The van der Waals surface area contributed by atoms with E-state index in [0.29, 0.717) is 5.92 Å². The van der Waals surface area contributed by atoms with E-state index < -0.39 is 0 Å². The van der Waals surface area contributed by atoms with Crippen LogP contribution in [0.2, 0.25) is 0 Å². The third kappa shape index (κ3) is 5.09. The minimum Gasteiger partial charge on any atom is -0.357 e. The number of hydrogen-bond donors (Lipinski definition) is 2. The molecule has 3 rings (SSSR count). The lowest BCUT2D eigenvalue weighted by molar-refractivity contribution is 0.550. The van der Waals surface area contributed by atoms with E-state index in [-0.39, 0.29) is 6.04 Å². The summed E-state index contributed by atoms with van der Waals surface area (Å²) in [5.41, 5.74) is 2.22. The van der Waals surface area contributed by atoms with Gasteiger partial charge in [0, 0.05) is 37.7 Å². The molecule has 28 heavy (non-hydrogen) atoms. The highest BCUT2D eigenvalue weighted by Gasteiger charge is 2.15. The predicted octanol–water partition coefficient (Wildman–Crippen LogP) is 3.41. The first-order valence-electron chi connectivity index (χ1n) is 10.1. The number of nitrogens with one attached hydrogen (secondary N) is 2. The van der Waals surface area contributed by atoms with Crippen LogP contribution in [-0.4, -0.2) is 39.7 Å². The Kier molecular flexibility index (Phi) is 7.00. The monoisotopic (exact) mass is 378 g/mol. The molecule has 6 nitrogen and oxygen atoms in total. The van der Waals surface area contributed by atoms with E-state index in [1.165, 1.54) is 5.56 Å². The summed E-state index contributed by atoms with van der Waals surface area (Å²) < 4.78 is 2.04. The van der Waals surface area contributed by atoms with Gasteiger partial charge in [0.05, 0.1) is 0 Å². The van der Waals surface area contributed by atoms with Crippen LogP contribution < -0.4 is 10.6 Å². The molecule has 0 radical (unpaired) electrons. The maximum Gasteiger partial charge on any atom is 0.191 e. The zero-order valence-corrected chi connectivity index (χ0v) is 17.0. The van der Waals surface area contributed by atoms with Gasteiger partial charge in [0.15, 0.2) is 11.6 Å². The second kappa shape index (κ2) is 9.88. The summed E-state index contributed by atoms with van der Waals surface area (Å²) in [7, 11) is 0. The Morgan fingerprint density at radius 2 is 1.86 bits per heavy atom. The van der Waals surface area contributed by atoms with Crippen molar-refractivity contribution in [1.29, 1.82) is 0 Å². The van der Waals surface area contributed by atoms with Gasteiger partial charge < -0.3 is 10.6 Å². The lowest BCUT2D eigenvalue weighted by atomic mass is 9.94. The average Bonchev–Trinajstić information content (AvgIpc) is 3.14. The number of fused-ring (bicyclic) bond motifs is 1. The van der Waals surface area contributed by atoms with Crippen molar-refractivity contribution in [3.05, 3.63) is 66.1 Å². The molecule has 0 spiro atoms. The van der Waals surface area contributed by atoms with Gasteiger partial charge in [0.2, 0.25) is 0 Å². The van der Waals surface area contributed by atoms with Gasteiger partial charge in [-0.2, -0.15) is 0 Å². The largest absolute Gasteiger partial charge is 0.357 e. The smallest absolute Gasteiger partial charge is 0.191 e. The molecule has 2 atom stereocenters. The van der Waals surface area contributed by atoms with Crippen molar-refractivity contribution in [3.8, 4) is 0 Å². The minimum absolute atomic E-state index is 0.278. The molecular formula is C22H30N6. The van der Waals surface area contributed by atoms with Crippen LogP contribution in [0.25, 0.3) is 5.65 Å². The molecule has 0 amide bonds. The first-order valence-corrected chi connectivity index (χ1v) is 10.1. The summed E-state index contributed by atoms with van der Waals surface area (Å²) in [6.45, 7) is 8.11. The molecule has 0 saturated carbocycles. The summed E-state index contributed by atoms with van der Waals surface area (Å²) in [4.78, 5) is 4.75. The summed E-state index contributed by atoms with van der Waals surface area (Å²) in [6, 6.07) is 16.8. The predicted molar refractivity (Wildman–Crippen MR) is 115 cm³/mol. The van der Waals surface area contributed by atoms with Gasteiger partial charge in [0.1, 0.15) is 5.82 Å². The molecule has 0 bridgehead atoms. The van der Waals surface area contributed by atoms with E-state index in [2.05, 4.69) is 71.9 Å². The maximum absolute atomic E-state index is 4.75. The molecule has 6 heteroatoms. The highest BCUT2D eigenvalue weighted by molar-refractivity contribution is 5.80.